The Labute approximate surface area is 315 Å². The van der Waals surface area contributed by atoms with Crippen LogP contribution in [0.2, 0.25) is 0 Å². The molecule has 2 saturated heterocycles. The number of benzene rings is 2. The summed E-state index contributed by atoms with van der Waals surface area (Å²) < 4.78 is 11.4. The van der Waals surface area contributed by atoms with Crippen LogP contribution < -0.4 is 21.3 Å². The summed E-state index contributed by atoms with van der Waals surface area (Å²) in [6.45, 7) is 9.81. The second-order valence-corrected chi connectivity index (χ2v) is 16.1. The SMILES string of the molecule is CC(C)(C)OC(=O)N[C@]1(NC(=O)[C@H](O)CCc2ccccc2)CN(C(=O)OC(C)(C)C)[C@@](C(=O)Nc2cnc3ccccc3c2)(C(=O)C2CCCCN2)C1. The third-order valence-corrected chi connectivity index (χ3v) is 9.27. The number of aromatic nitrogens is 1. The number of aliphatic hydroxyl groups excluding tert-OH is 1. The number of carbonyl (C=O) groups excluding carboxylic acids is 5. The van der Waals surface area contributed by atoms with Crippen molar-refractivity contribution >= 4 is 46.4 Å². The minimum absolute atomic E-state index is 0.0274. The van der Waals surface area contributed by atoms with Gasteiger partial charge in [0.25, 0.3) is 11.8 Å². The fourth-order valence-electron chi connectivity index (χ4n) is 6.90. The maximum atomic E-state index is 15.0. The van der Waals surface area contributed by atoms with Crippen LogP contribution in [0.4, 0.5) is 15.3 Å². The third-order valence-electron chi connectivity index (χ3n) is 9.27. The Hall–Kier alpha value is -5.08. The Morgan fingerprint density at radius 3 is 2.30 bits per heavy atom. The van der Waals surface area contributed by atoms with Crippen LogP contribution in [-0.4, -0.2) is 92.4 Å². The van der Waals surface area contributed by atoms with Crippen molar-refractivity contribution in [3.8, 4) is 0 Å². The van der Waals surface area contributed by atoms with E-state index in [0.717, 1.165) is 22.3 Å². The fourth-order valence-corrected chi connectivity index (χ4v) is 6.90. The molecule has 54 heavy (non-hydrogen) atoms. The third kappa shape index (κ3) is 9.71. The molecule has 2 aliphatic rings. The number of carbonyl (C=O) groups is 5. The summed E-state index contributed by atoms with van der Waals surface area (Å²) in [5.74, 6) is -2.43. The normalized spacial score (nSPS) is 22.2. The van der Waals surface area contributed by atoms with Gasteiger partial charge < -0.3 is 30.5 Å². The van der Waals surface area contributed by atoms with Crippen molar-refractivity contribution in [3.63, 3.8) is 0 Å². The molecule has 0 radical (unpaired) electrons. The Morgan fingerprint density at radius 1 is 0.944 bits per heavy atom. The molecule has 2 fully saturated rings. The van der Waals surface area contributed by atoms with Crippen LogP contribution in [-0.2, 0) is 30.3 Å². The topological polar surface area (TPSA) is 188 Å². The molecule has 14 nitrogen and oxygen atoms in total. The maximum Gasteiger partial charge on any atom is 0.411 e. The van der Waals surface area contributed by atoms with Crippen molar-refractivity contribution in [2.75, 3.05) is 18.4 Å². The molecule has 14 heteroatoms. The van der Waals surface area contributed by atoms with Gasteiger partial charge in [-0.1, -0.05) is 55.0 Å². The zero-order chi connectivity index (χ0) is 39.3. The van der Waals surface area contributed by atoms with Crippen molar-refractivity contribution < 1.29 is 38.6 Å². The van der Waals surface area contributed by atoms with Gasteiger partial charge in [0.15, 0.2) is 11.3 Å². The number of Topliss-reactive ketones (excluding diaryl/α,β-unsaturated/α-hetero) is 1. The predicted molar refractivity (Wildman–Crippen MR) is 202 cm³/mol. The molecule has 0 saturated carbocycles. The number of rotatable bonds is 10. The number of aliphatic hydroxyl groups is 1. The summed E-state index contributed by atoms with van der Waals surface area (Å²) in [6, 6.07) is 17.4. The van der Waals surface area contributed by atoms with Crippen molar-refractivity contribution in [1.82, 2.24) is 25.8 Å². The van der Waals surface area contributed by atoms with Crippen LogP contribution in [0.5, 0.6) is 0 Å². The number of aryl methyl sites for hydroxylation is 1. The van der Waals surface area contributed by atoms with E-state index in [1.807, 2.05) is 54.6 Å². The highest BCUT2D eigenvalue weighted by Gasteiger charge is 2.66. The summed E-state index contributed by atoms with van der Waals surface area (Å²) >= 11 is 0. The molecule has 4 amide bonds. The van der Waals surface area contributed by atoms with Crippen LogP contribution >= 0.6 is 0 Å². The van der Waals surface area contributed by atoms with Gasteiger partial charge in [-0.15, -0.1) is 0 Å². The number of alkyl carbamates (subject to hydrolysis) is 1. The number of likely N-dealkylation sites (tertiary alicyclic amines) is 1. The van der Waals surface area contributed by atoms with Gasteiger partial charge in [0, 0.05) is 11.8 Å². The molecule has 290 valence electrons. The van der Waals surface area contributed by atoms with E-state index in [1.165, 1.54) is 6.20 Å². The lowest BCUT2D eigenvalue weighted by Crippen LogP contribution is -2.66. The number of hydrogen-bond acceptors (Lipinski definition) is 10. The Morgan fingerprint density at radius 2 is 1.63 bits per heavy atom. The summed E-state index contributed by atoms with van der Waals surface area (Å²) in [7, 11) is 0. The van der Waals surface area contributed by atoms with Gasteiger partial charge in [-0.05, 0) is 91.5 Å². The highest BCUT2D eigenvalue weighted by atomic mass is 16.6. The number of nitrogens with zero attached hydrogens (tertiary/aromatic N) is 2. The second-order valence-electron chi connectivity index (χ2n) is 16.1. The molecule has 5 rings (SSSR count). The number of ether oxygens (including phenoxy) is 2. The molecule has 5 N–H and O–H groups in total. The quantitative estimate of drug-likeness (QED) is 0.145. The number of para-hydroxylation sites is 1. The minimum Gasteiger partial charge on any atom is -0.444 e. The van der Waals surface area contributed by atoms with Crippen LogP contribution in [0.25, 0.3) is 10.9 Å². The molecule has 0 aliphatic carbocycles. The Balaban J connectivity index is 1.60. The minimum atomic E-state index is -2.35. The molecule has 0 spiro atoms. The zero-order valence-corrected chi connectivity index (χ0v) is 31.9. The van der Waals surface area contributed by atoms with E-state index in [-0.39, 0.29) is 12.1 Å². The molecule has 2 aliphatic heterocycles. The molecular weight excluding hydrogens is 692 g/mol. The maximum absolute atomic E-state index is 15.0. The number of pyridine rings is 1. The van der Waals surface area contributed by atoms with Gasteiger partial charge in [-0.3, -0.25) is 29.6 Å². The number of amides is 4. The molecule has 3 heterocycles. The molecule has 0 bridgehead atoms. The Kier molecular flexibility index (Phi) is 12.0. The van der Waals surface area contributed by atoms with Crippen LogP contribution in [0.15, 0.2) is 66.9 Å². The lowest BCUT2D eigenvalue weighted by atomic mass is 9.81. The molecule has 4 atom stereocenters. The van der Waals surface area contributed by atoms with Gasteiger partial charge in [-0.25, -0.2) is 9.59 Å². The van der Waals surface area contributed by atoms with E-state index in [1.54, 1.807) is 47.6 Å². The first kappa shape index (κ1) is 40.1. The molecule has 3 aromatic rings. The van der Waals surface area contributed by atoms with Gasteiger partial charge in [0.1, 0.15) is 23.0 Å². The van der Waals surface area contributed by atoms with Gasteiger partial charge in [0.2, 0.25) is 0 Å². The van der Waals surface area contributed by atoms with Gasteiger partial charge in [-0.2, -0.15) is 0 Å². The molecule has 1 unspecified atom stereocenters. The zero-order valence-electron chi connectivity index (χ0n) is 31.9. The van der Waals surface area contributed by atoms with Gasteiger partial charge in [0.05, 0.1) is 30.0 Å². The summed E-state index contributed by atoms with van der Waals surface area (Å²) in [4.78, 5) is 77.2. The molecule has 1 aromatic heterocycles. The molecule has 2 aromatic carbocycles. The second kappa shape index (κ2) is 16.1. The monoisotopic (exact) mass is 744 g/mol. The van der Waals surface area contributed by atoms with E-state index in [0.29, 0.717) is 31.3 Å². The van der Waals surface area contributed by atoms with E-state index >= 15 is 4.79 Å². The summed E-state index contributed by atoms with van der Waals surface area (Å²) in [6.07, 6.45) is -0.458. The van der Waals surface area contributed by atoms with E-state index in [2.05, 4.69) is 26.3 Å². The van der Waals surface area contributed by atoms with Crippen molar-refractivity contribution in [2.24, 2.45) is 0 Å². The summed E-state index contributed by atoms with van der Waals surface area (Å²) in [5.41, 5.74) is -4.55. The van der Waals surface area contributed by atoms with E-state index in [4.69, 9.17) is 9.47 Å². The first-order valence-corrected chi connectivity index (χ1v) is 18.4. The number of ketones is 1. The van der Waals surface area contributed by atoms with Crippen LogP contribution in [0, 0.1) is 0 Å². The first-order valence-electron chi connectivity index (χ1n) is 18.4. The van der Waals surface area contributed by atoms with Crippen molar-refractivity contribution in [2.45, 2.75) is 115 Å². The number of piperidine rings is 1. The predicted octanol–water partition coefficient (Wildman–Crippen LogP) is 4.60. The largest absolute Gasteiger partial charge is 0.444 e. The highest BCUT2D eigenvalue weighted by Crippen LogP contribution is 2.40. The van der Waals surface area contributed by atoms with Crippen molar-refractivity contribution in [1.29, 1.82) is 0 Å². The molecular formula is C40H52N6O8. The van der Waals surface area contributed by atoms with E-state index < -0.39 is 77.3 Å². The van der Waals surface area contributed by atoms with E-state index in [9.17, 15) is 24.3 Å². The van der Waals surface area contributed by atoms with Gasteiger partial charge >= 0.3 is 12.2 Å². The fraction of sp³-hybridized carbons (Fsp3) is 0.500. The average Bonchev–Trinajstić information content (AvgIpc) is 3.45. The Bertz CT molecular complexity index is 1850. The average molecular weight is 745 g/mol. The number of fused-ring (bicyclic) bond motifs is 1. The highest BCUT2D eigenvalue weighted by molar-refractivity contribution is 6.19. The lowest BCUT2D eigenvalue weighted by molar-refractivity contribution is -0.142. The number of anilines is 1. The number of hydrogen-bond donors (Lipinski definition) is 5. The number of nitrogens with one attached hydrogen (secondary N) is 4. The first-order chi connectivity index (χ1) is 25.4. The van der Waals surface area contributed by atoms with Crippen molar-refractivity contribution in [3.05, 3.63) is 72.4 Å². The summed E-state index contributed by atoms with van der Waals surface area (Å²) in [5, 5.41) is 23.3. The standard InChI is InChI=1S/C40H52N6O8/c1-37(2,3)53-35(51)45-39(44-33(49)31(47)20-19-26-14-8-7-9-15-26)24-40(32(48)30-18-12-13-21-41-30,46(25-39)36(52)54-38(4,5)6)34(50)43-28-22-27-16-10-11-17-29(27)42-23-28/h7-11,14-17,22-23,30-31,41,47H,12-13,18-21,24-25H2,1-6H3,(H,43,50)(H,44,49)(H,45,51)/t30?,31-,39+,40-/m1/s1. The van der Waals surface area contributed by atoms with Crippen LogP contribution in [0.1, 0.15) is 79.2 Å². The lowest BCUT2D eigenvalue weighted by Gasteiger charge is -2.39. The van der Waals surface area contributed by atoms with Crippen LogP contribution in [0.3, 0.4) is 0 Å². The smallest absolute Gasteiger partial charge is 0.411 e.